The number of rotatable bonds is 6. The molecule has 0 radical (unpaired) electrons. The smallest absolute Gasteiger partial charge is 0.253 e. The summed E-state index contributed by atoms with van der Waals surface area (Å²) in [4.78, 5) is 26.3. The van der Waals surface area contributed by atoms with E-state index < -0.39 is 0 Å². The van der Waals surface area contributed by atoms with Gasteiger partial charge in [0.05, 0.1) is 0 Å². The maximum Gasteiger partial charge on any atom is 0.253 e. The summed E-state index contributed by atoms with van der Waals surface area (Å²) < 4.78 is 1.93. The molecule has 0 bridgehead atoms. The first-order valence-electron chi connectivity index (χ1n) is 11.7. The maximum atomic E-state index is 12.7. The van der Waals surface area contributed by atoms with Crippen LogP contribution in [0.5, 0.6) is 0 Å². The third kappa shape index (κ3) is 4.72. The molecule has 7 nitrogen and oxygen atoms in total. The summed E-state index contributed by atoms with van der Waals surface area (Å²) in [6.07, 6.45) is 4.21. The minimum Gasteiger partial charge on any atom is -0.385 e. The van der Waals surface area contributed by atoms with Gasteiger partial charge in [-0.1, -0.05) is 32.6 Å². The monoisotopic (exact) mass is 449 g/mol. The Labute approximate surface area is 196 Å². The topological polar surface area (TPSA) is 104 Å². The minimum atomic E-state index is -0.190. The number of nitrogen functional groups attached to an aromatic ring is 1. The molecule has 0 spiro atoms. The lowest BCUT2D eigenvalue weighted by atomic mass is 9.96. The van der Waals surface area contributed by atoms with Crippen molar-refractivity contribution in [2.75, 3.05) is 18.8 Å². The summed E-state index contributed by atoms with van der Waals surface area (Å²) in [5.41, 5.74) is 11.0. The number of carbonyl (C=O) groups is 2. The number of likely N-dealkylation sites (tertiary alicyclic amines) is 1. The number of nitrogens with two attached hydrogens (primary N) is 1. The highest BCUT2D eigenvalue weighted by Gasteiger charge is 2.44. The fraction of sp³-hybridized carbons (Fsp3) is 0.423. The Balaban J connectivity index is 0.00000149. The van der Waals surface area contributed by atoms with Gasteiger partial charge in [0.25, 0.3) is 5.91 Å². The molecule has 1 aromatic carbocycles. The van der Waals surface area contributed by atoms with Gasteiger partial charge in [-0.25, -0.2) is 0 Å². The lowest BCUT2D eigenvalue weighted by Gasteiger charge is -2.15. The molecule has 2 aromatic rings. The van der Waals surface area contributed by atoms with Crippen LogP contribution in [-0.4, -0.2) is 46.1 Å². The standard InChI is InChI=1S/C24H29N5O2.C2H6/c1-4-19(30)27-18-13-17(18)22-21(20(14(2)25)23(26)28(22)3)15-7-9-16(10-8-15)24(31)29-11-5-6-12-29;1-2/h4,7-10,17-18,25H,1,5-6,11-13,26H2,2-3H3,(H,27,30);1-2H3. The first-order valence-corrected chi connectivity index (χ1v) is 11.7. The van der Waals surface area contributed by atoms with Crippen molar-refractivity contribution in [2.45, 2.75) is 52.0 Å². The third-order valence-corrected chi connectivity index (χ3v) is 6.33. The molecule has 1 aliphatic heterocycles. The zero-order chi connectivity index (χ0) is 24.3. The van der Waals surface area contributed by atoms with Crippen LogP contribution in [0.4, 0.5) is 5.82 Å². The molecule has 7 heteroatoms. The predicted molar refractivity (Wildman–Crippen MR) is 134 cm³/mol. The second-order valence-electron chi connectivity index (χ2n) is 8.44. The number of hydrogen-bond donors (Lipinski definition) is 3. The molecule has 2 fully saturated rings. The van der Waals surface area contributed by atoms with E-state index >= 15 is 0 Å². The van der Waals surface area contributed by atoms with Gasteiger partial charge in [-0.15, -0.1) is 0 Å². The molecule has 1 aliphatic carbocycles. The Bertz CT molecular complexity index is 1060. The molecule has 2 atom stereocenters. The van der Waals surface area contributed by atoms with Crippen molar-refractivity contribution < 1.29 is 9.59 Å². The highest BCUT2D eigenvalue weighted by atomic mass is 16.2. The Kier molecular flexibility index (Phi) is 7.41. The summed E-state index contributed by atoms with van der Waals surface area (Å²) in [5, 5.41) is 11.3. The summed E-state index contributed by atoms with van der Waals surface area (Å²) in [6.45, 7) is 10.9. The first kappa shape index (κ1) is 24.3. The van der Waals surface area contributed by atoms with E-state index in [0.717, 1.165) is 49.2 Å². The van der Waals surface area contributed by atoms with Crippen LogP contribution in [0.15, 0.2) is 36.9 Å². The number of anilines is 1. The van der Waals surface area contributed by atoms with Gasteiger partial charge in [0.15, 0.2) is 0 Å². The summed E-state index contributed by atoms with van der Waals surface area (Å²) in [7, 11) is 1.90. The molecule has 2 unspecified atom stereocenters. The van der Waals surface area contributed by atoms with Crippen molar-refractivity contribution in [2.24, 2.45) is 7.05 Å². The van der Waals surface area contributed by atoms with Crippen molar-refractivity contribution >= 4 is 23.3 Å². The molecule has 2 aliphatic rings. The fourth-order valence-electron chi connectivity index (χ4n) is 4.61. The van der Waals surface area contributed by atoms with E-state index in [2.05, 4.69) is 11.9 Å². The van der Waals surface area contributed by atoms with E-state index in [9.17, 15) is 9.59 Å². The van der Waals surface area contributed by atoms with Gasteiger partial charge in [-0.05, 0) is 50.0 Å². The van der Waals surface area contributed by atoms with Crippen molar-refractivity contribution in [3.63, 3.8) is 0 Å². The van der Waals surface area contributed by atoms with Crippen LogP contribution >= 0.6 is 0 Å². The van der Waals surface area contributed by atoms with Crippen LogP contribution in [0.2, 0.25) is 0 Å². The SMILES string of the molecule is C=CC(=O)NC1CC1c1c(-c2ccc(C(=O)N3CCCC3)cc2)c(C(C)=N)c(N)n1C.CC. The van der Waals surface area contributed by atoms with Crippen molar-refractivity contribution in [1.29, 1.82) is 5.41 Å². The Morgan fingerprint density at radius 3 is 2.33 bits per heavy atom. The molecule has 176 valence electrons. The number of nitrogens with one attached hydrogen (secondary N) is 2. The highest BCUT2D eigenvalue weighted by molar-refractivity contribution is 6.08. The zero-order valence-corrected chi connectivity index (χ0v) is 20.1. The van der Waals surface area contributed by atoms with E-state index in [4.69, 9.17) is 11.1 Å². The second kappa shape index (κ2) is 10.1. The number of carbonyl (C=O) groups excluding carboxylic acids is 2. The van der Waals surface area contributed by atoms with E-state index in [0.29, 0.717) is 22.7 Å². The predicted octanol–water partition coefficient (Wildman–Crippen LogP) is 4.08. The Hall–Kier alpha value is -3.35. The van der Waals surface area contributed by atoms with Crippen molar-refractivity contribution in [1.82, 2.24) is 14.8 Å². The molecule has 1 saturated heterocycles. The lowest BCUT2D eigenvalue weighted by molar-refractivity contribution is -0.116. The van der Waals surface area contributed by atoms with Gasteiger partial charge < -0.3 is 25.9 Å². The van der Waals surface area contributed by atoms with Crippen LogP contribution in [0, 0.1) is 5.41 Å². The van der Waals surface area contributed by atoms with E-state index in [1.54, 1.807) is 6.92 Å². The fourth-order valence-corrected chi connectivity index (χ4v) is 4.61. The first-order chi connectivity index (χ1) is 15.8. The molecular formula is C26H35N5O2. The number of aromatic nitrogens is 1. The zero-order valence-electron chi connectivity index (χ0n) is 20.1. The van der Waals surface area contributed by atoms with Gasteiger partial charge in [0.2, 0.25) is 5.91 Å². The largest absolute Gasteiger partial charge is 0.385 e. The van der Waals surface area contributed by atoms with Crippen molar-refractivity contribution in [3.8, 4) is 11.1 Å². The third-order valence-electron chi connectivity index (χ3n) is 6.33. The summed E-state index contributed by atoms with van der Waals surface area (Å²) in [5.74, 6) is 0.528. The quantitative estimate of drug-likeness (QED) is 0.457. The molecule has 2 amide bonds. The molecule has 33 heavy (non-hydrogen) atoms. The van der Waals surface area contributed by atoms with Gasteiger partial charge in [0.1, 0.15) is 5.82 Å². The molecule has 1 aromatic heterocycles. The van der Waals surface area contributed by atoms with E-state index in [1.165, 1.54) is 6.08 Å². The average molecular weight is 450 g/mol. The molecule has 4 rings (SSSR count). The number of hydrogen-bond acceptors (Lipinski definition) is 4. The van der Waals surface area contributed by atoms with Crippen LogP contribution in [0.1, 0.15) is 67.6 Å². The van der Waals surface area contributed by atoms with Crippen molar-refractivity contribution in [3.05, 3.63) is 53.7 Å². The minimum absolute atomic E-state index is 0.0205. The normalized spacial score (nSPS) is 18.8. The molecular weight excluding hydrogens is 414 g/mol. The van der Waals surface area contributed by atoms with E-state index in [1.807, 2.05) is 54.6 Å². The highest BCUT2D eigenvalue weighted by Crippen LogP contribution is 2.48. The Morgan fingerprint density at radius 1 is 1.18 bits per heavy atom. The number of nitrogens with zero attached hydrogens (tertiary/aromatic N) is 2. The van der Waals surface area contributed by atoms with Crippen LogP contribution in [-0.2, 0) is 11.8 Å². The summed E-state index contributed by atoms with van der Waals surface area (Å²) >= 11 is 0. The van der Waals surface area contributed by atoms with Gasteiger partial charge in [0, 0.05) is 60.2 Å². The maximum absolute atomic E-state index is 12.7. The van der Waals surface area contributed by atoms with Crippen LogP contribution in [0.3, 0.4) is 0 Å². The number of amides is 2. The summed E-state index contributed by atoms with van der Waals surface area (Å²) in [6, 6.07) is 7.61. The molecule has 4 N–H and O–H groups in total. The second-order valence-corrected chi connectivity index (χ2v) is 8.44. The lowest BCUT2D eigenvalue weighted by Crippen LogP contribution is -2.27. The molecule has 2 heterocycles. The van der Waals surface area contributed by atoms with Gasteiger partial charge in [-0.2, -0.15) is 0 Å². The Morgan fingerprint density at radius 2 is 1.79 bits per heavy atom. The van der Waals surface area contributed by atoms with E-state index in [-0.39, 0.29) is 23.8 Å². The molecule has 1 saturated carbocycles. The van der Waals surface area contributed by atoms with Gasteiger partial charge in [-0.3, -0.25) is 9.59 Å². The van der Waals surface area contributed by atoms with Crippen LogP contribution < -0.4 is 11.1 Å². The average Bonchev–Trinajstić information content (AvgIpc) is 3.23. The number of benzene rings is 1. The van der Waals surface area contributed by atoms with Crippen LogP contribution in [0.25, 0.3) is 11.1 Å². The van der Waals surface area contributed by atoms with Gasteiger partial charge >= 0.3 is 0 Å².